The van der Waals surface area contributed by atoms with E-state index in [1.165, 1.54) is 0 Å². The van der Waals surface area contributed by atoms with Crippen LogP contribution < -0.4 is 20.3 Å². The third-order valence-corrected chi connectivity index (χ3v) is 7.67. The molecule has 0 aliphatic carbocycles. The van der Waals surface area contributed by atoms with Crippen LogP contribution in [0, 0.1) is 13.8 Å². The predicted molar refractivity (Wildman–Crippen MR) is 162 cm³/mol. The van der Waals surface area contributed by atoms with Crippen LogP contribution >= 0.6 is 23.8 Å². The Balaban J connectivity index is 1.66. The highest BCUT2D eigenvalue weighted by Gasteiger charge is 2.42. The topological polar surface area (TPSA) is 91.7 Å². The molecule has 0 radical (unpaired) electrons. The first kappa shape index (κ1) is 27.5. The van der Waals surface area contributed by atoms with E-state index in [4.69, 9.17) is 28.6 Å². The summed E-state index contributed by atoms with van der Waals surface area (Å²) in [5.41, 5.74) is 5.68. The molecule has 1 saturated heterocycles. The van der Waals surface area contributed by atoms with Crippen LogP contribution in [-0.4, -0.2) is 32.8 Å². The molecule has 206 valence electrons. The summed E-state index contributed by atoms with van der Waals surface area (Å²) in [5, 5.41) is 18.1. The van der Waals surface area contributed by atoms with Crippen LogP contribution in [0.5, 0.6) is 11.5 Å². The van der Waals surface area contributed by atoms with Crippen molar-refractivity contribution in [3.63, 3.8) is 0 Å². The van der Waals surface area contributed by atoms with Gasteiger partial charge in [0, 0.05) is 40.8 Å². The summed E-state index contributed by atoms with van der Waals surface area (Å²) < 4.78 is 7.64. The molecule has 8 nitrogen and oxygen atoms in total. The zero-order chi connectivity index (χ0) is 28.6. The molecule has 0 saturated carbocycles. The highest BCUT2D eigenvalue weighted by Crippen LogP contribution is 2.45. The van der Waals surface area contributed by atoms with Crippen LogP contribution in [0.1, 0.15) is 48.1 Å². The van der Waals surface area contributed by atoms with Crippen LogP contribution in [0.4, 0.5) is 11.4 Å². The number of ether oxygens (including phenoxy) is 1. The van der Waals surface area contributed by atoms with Crippen LogP contribution in [0.15, 0.2) is 66.9 Å². The van der Waals surface area contributed by atoms with Crippen LogP contribution in [-0.2, 0) is 4.79 Å². The number of phenols is 1. The molecule has 2 atom stereocenters. The molecular formula is C30H30ClN5O3S. The number of thiocarbonyl (C=S) groups is 1. The summed E-state index contributed by atoms with van der Waals surface area (Å²) in [6, 6.07) is 18.0. The summed E-state index contributed by atoms with van der Waals surface area (Å²) >= 11 is 12.2. The molecular weight excluding hydrogens is 546 g/mol. The molecule has 1 aliphatic heterocycles. The summed E-state index contributed by atoms with van der Waals surface area (Å²) in [7, 11) is 1.57. The number of nitrogens with zero attached hydrogens (tertiary/aromatic N) is 3. The van der Waals surface area contributed by atoms with Gasteiger partial charge in [-0.1, -0.05) is 24.6 Å². The fraction of sp³-hybridized carbons (Fsp3) is 0.233. The second-order valence-corrected chi connectivity index (χ2v) is 10.4. The van der Waals surface area contributed by atoms with E-state index >= 15 is 0 Å². The number of aromatic nitrogens is 2. The van der Waals surface area contributed by atoms with Crippen molar-refractivity contribution in [1.29, 1.82) is 0 Å². The summed E-state index contributed by atoms with van der Waals surface area (Å²) in [6.07, 6.45) is 2.12. The van der Waals surface area contributed by atoms with Gasteiger partial charge in [0.15, 0.2) is 5.11 Å². The number of pyridine rings is 1. The van der Waals surface area contributed by atoms with Crippen molar-refractivity contribution in [1.82, 2.24) is 14.9 Å². The van der Waals surface area contributed by atoms with Gasteiger partial charge in [-0.2, -0.15) is 0 Å². The average molecular weight is 576 g/mol. The van der Waals surface area contributed by atoms with Crippen molar-refractivity contribution in [2.45, 2.75) is 39.3 Å². The number of hydrogen-bond acceptors (Lipinski definition) is 5. The van der Waals surface area contributed by atoms with Gasteiger partial charge >= 0.3 is 0 Å². The predicted octanol–water partition coefficient (Wildman–Crippen LogP) is 6.38. The zero-order valence-electron chi connectivity index (χ0n) is 22.6. The van der Waals surface area contributed by atoms with Gasteiger partial charge in [0.1, 0.15) is 11.5 Å². The number of phenolic OH excluding ortho intramolecular Hbond substituents is 1. The minimum atomic E-state index is -0.288. The molecule has 5 rings (SSSR count). The molecule has 4 aromatic rings. The molecule has 1 aliphatic rings. The van der Waals surface area contributed by atoms with Crippen LogP contribution in [0.25, 0.3) is 5.69 Å². The fourth-order valence-electron chi connectivity index (χ4n) is 5.25. The monoisotopic (exact) mass is 575 g/mol. The van der Waals surface area contributed by atoms with Crippen molar-refractivity contribution in [3.8, 4) is 17.2 Å². The average Bonchev–Trinajstić information content (AvgIpc) is 3.45. The van der Waals surface area contributed by atoms with E-state index in [1.54, 1.807) is 38.4 Å². The number of hydrogen-bond donors (Lipinski definition) is 3. The quantitative estimate of drug-likeness (QED) is 0.220. The number of benzene rings is 2. The van der Waals surface area contributed by atoms with E-state index in [0.717, 1.165) is 28.3 Å². The van der Waals surface area contributed by atoms with Gasteiger partial charge in [0.2, 0.25) is 5.91 Å². The van der Waals surface area contributed by atoms with E-state index in [2.05, 4.69) is 21.7 Å². The standard InChI is InChI=1S/C30H30ClN5O3S/c1-5-27(38)33-22-11-10-20(16-26(22)39-4)36-29(28(34-30(36)40)23-8-6-7-13-32-23)21-14-17(2)35(18(21)3)24-15-19(31)9-12-25(24)37/h6-16,28-29,37H,5H2,1-4H3,(H,33,38)(H,34,40)/t28-,29+/m1/s1. The first-order valence-corrected chi connectivity index (χ1v) is 13.7. The lowest BCUT2D eigenvalue weighted by Gasteiger charge is -2.29. The molecule has 1 fully saturated rings. The Morgan fingerprint density at radius 2 is 1.98 bits per heavy atom. The molecule has 3 N–H and O–H groups in total. The first-order valence-electron chi connectivity index (χ1n) is 12.9. The van der Waals surface area contributed by atoms with E-state index in [-0.39, 0.29) is 23.7 Å². The Hall–Kier alpha value is -4.08. The number of aromatic hydroxyl groups is 1. The Morgan fingerprint density at radius 1 is 1.18 bits per heavy atom. The third kappa shape index (κ3) is 4.98. The van der Waals surface area contributed by atoms with E-state index < -0.39 is 0 Å². The Kier molecular flexibility index (Phi) is 7.69. The number of amides is 1. The minimum absolute atomic E-state index is 0.103. The normalized spacial score (nSPS) is 16.6. The maximum absolute atomic E-state index is 12.1. The smallest absolute Gasteiger partial charge is 0.224 e. The maximum Gasteiger partial charge on any atom is 0.224 e. The summed E-state index contributed by atoms with van der Waals surface area (Å²) in [4.78, 5) is 18.8. The Labute approximate surface area is 243 Å². The maximum atomic E-state index is 12.1. The highest BCUT2D eigenvalue weighted by molar-refractivity contribution is 7.80. The highest BCUT2D eigenvalue weighted by atomic mass is 35.5. The van der Waals surface area contributed by atoms with Gasteiger partial charge in [-0.05, 0) is 80.2 Å². The lowest BCUT2D eigenvalue weighted by Crippen LogP contribution is -2.29. The molecule has 2 aromatic carbocycles. The molecule has 0 bridgehead atoms. The largest absolute Gasteiger partial charge is 0.506 e. The second kappa shape index (κ2) is 11.2. The lowest BCUT2D eigenvalue weighted by atomic mass is 9.96. The molecule has 10 heteroatoms. The number of halogens is 1. The van der Waals surface area contributed by atoms with Crippen LogP contribution in [0.2, 0.25) is 5.02 Å². The van der Waals surface area contributed by atoms with Crippen molar-refractivity contribution < 1.29 is 14.6 Å². The lowest BCUT2D eigenvalue weighted by molar-refractivity contribution is -0.115. The number of aryl methyl sites for hydroxylation is 1. The Morgan fingerprint density at radius 3 is 2.67 bits per heavy atom. The molecule has 2 aromatic heterocycles. The number of carbonyl (C=O) groups is 1. The van der Waals surface area contributed by atoms with Gasteiger partial charge in [0.25, 0.3) is 0 Å². The number of rotatable bonds is 7. The molecule has 3 heterocycles. The minimum Gasteiger partial charge on any atom is -0.506 e. The van der Waals surface area contributed by atoms with Gasteiger partial charge in [0.05, 0.1) is 36.3 Å². The van der Waals surface area contributed by atoms with Crippen molar-refractivity contribution in [2.24, 2.45) is 0 Å². The number of nitrogens with one attached hydrogen (secondary N) is 2. The van der Waals surface area contributed by atoms with Crippen molar-refractivity contribution in [2.75, 3.05) is 17.3 Å². The molecule has 0 spiro atoms. The second-order valence-electron chi connectivity index (χ2n) is 9.58. The molecule has 40 heavy (non-hydrogen) atoms. The van der Waals surface area contributed by atoms with E-state index in [9.17, 15) is 9.90 Å². The van der Waals surface area contributed by atoms with Crippen LogP contribution in [0.3, 0.4) is 0 Å². The van der Waals surface area contributed by atoms with Gasteiger partial charge in [-0.25, -0.2) is 0 Å². The van der Waals surface area contributed by atoms with Gasteiger partial charge < -0.3 is 29.9 Å². The zero-order valence-corrected chi connectivity index (χ0v) is 24.2. The molecule has 1 amide bonds. The summed E-state index contributed by atoms with van der Waals surface area (Å²) in [6.45, 7) is 5.81. The van der Waals surface area contributed by atoms with Crippen molar-refractivity contribution >= 4 is 46.2 Å². The van der Waals surface area contributed by atoms with Crippen molar-refractivity contribution in [3.05, 3.63) is 94.5 Å². The Bertz CT molecular complexity index is 1590. The number of carbonyl (C=O) groups excluding carboxylic acids is 1. The first-order chi connectivity index (χ1) is 19.2. The molecule has 0 unspecified atom stereocenters. The SMILES string of the molecule is CCC(=O)Nc1ccc(N2C(=S)N[C@H](c3ccccn3)[C@@H]2c2cc(C)n(-c3cc(Cl)ccc3O)c2C)cc1OC. The fourth-order valence-corrected chi connectivity index (χ4v) is 5.77. The van der Waals surface area contributed by atoms with E-state index in [1.807, 2.05) is 59.7 Å². The number of methoxy groups -OCH3 is 1. The van der Waals surface area contributed by atoms with E-state index in [0.29, 0.717) is 33.7 Å². The van der Waals surface area contributed by atoms with Gasteiger partial charge in [-0.3, -0.25) is 9.78 Å². The number of anilines is 2. The third-order valence-electron chi connectivity index (χ3n) is 7.12. The summed E-state index contributed by atoms with van der Waals surface area (Å²) in [5.74, 6) is 0.552. The van der Waals surface area contributed by atoms with Gasteiger partial charge in [-0.15, -0.1) is 0 Å².